The summed E-state index contributed by atoms with van der Waals surface area (Å²) in [5.41, 5.74) is 2.16. The second-order valence-electron chi connectivity index (χ2n) is 6.23. The van der Waals surface area contributed by atoms with Crippen LogP contribution in [0.2, 0.25) is 0 Å². The van der Waals surface area contributed by atoms with E-state index in [1.807, 2.05) is 24.3 Å². The first kappa shape index (κ1) is 20.5. The number of nitro groups is 1. The summed E-state index contributed by atoms with van der Waals surface area (Å²) in [5, 5.41) is 13.5. The van der Waals surface area contributed by atoms with E-state index in [0.29, 0.717) is 16.3 Å². The van der Waals surface area contributed by atoms with E-state index < -0.39 is 10.9 Å². The topological polar surface area (TPSA) is 78.7 Å². The molecule has 148 valence electrons. The lowest BCUT2D eigenvalue weighted by molar-refractivity contribution is -0.385. The number of hydrogen-bond donors (Lipinski definition) is 0. The molecule has 0 atom stereocenters. The predicted molar refractivity (Wildman–Crippen MR) is 116 cm³/mol. The SMILES string of the molecule is COC(=O)c1ccc(C=C(CBr)COc2c([N+](=O)[O-])ccc3ccccc23)cc1. The molecule has 6 nitrogen and oxygen atoms in total. The van der Waals surface area contributed by atoms with Gasteiger partial charge in [0.05, 0.1) is 17.6 Å². The van der Waals surface area contributed by atoms with E-state index in [1.54, 1.807) is 36.4 Å². The molecule has 3 aromatic carbocycles. The molecular formula is C22H18BrNO5. The van der Waals surface area contributed by atoms with Crippen molar-refractivity contribution in [1.29, 1.82) is 0 Å². The van der Waals surface area contributed by atoms with E-state index in [9.17, 15) is 14.9 Å². The fourth-order valence-electron chi connectivity index (χ4n) is 2.88. The summed E-state index contributed by atoms with van der Waals surface area (Å²) in [6.45, 7) is 0.179. The molecule has 0 fully saturated rings. The first-order valence-corrected chi connectivity index (χ1v) is 9.88. The molecule has 0 bridgehead atoms. The molecule has 0 aromatic heterocycles. The summed E-state index contributed by atoms with van der Waals surface area (Å²) in [6.07, 6.45) is 1.91. The molecular weight excluding hydrogens is 438 g/mol. The van der Waals surface area contributed by atoms with Crippen molar-refractivity contribution in [2.75, 3.05) is 19.0 Å². The minimum atomic E-state index is -0.440. The summed E-state index contributed by atoms with van der Waals surface area (Å²) in [5.74, 6) is -0.145. The summed E-state index contributed by atoms with van der Waals surface area (Å²) >= 11 is 3.44. The van der Waals surface area contributed by atoms with Gasteiger partial charge in [0.15, 0.2) is 0 Å². The van der Waals surface area contributed by atoms with Crippen LogP contribution in [0.1, 0.15) is 15.9 Å². The highest BCUT2D eigenvalue weighted by molar-refractivity contribution is 9.09. The zero-order valence-electron chi connectivity index (χ0n) is 15.6. The Morgan fingerprint density at radius 3 is 2.48 bits per heavy atom. The number of alkyl halides is 1. The molecule has 0 saturated heterocycles. The van der Waals surface area contributed by atoms with Gasteiger partial charge < -0.3 is 9.47 Å². The number of fused-ring (bicyclic) bond motifs is 1. The van der Waals surface area contributed by atoms with Gasteiger partial charge in [0.25, 0.3) is 0 Å². The van der Waals surface area contributed by atoms with Crippen LogP contribution < -0.4 is 4.74 Å². The number of esters is 1. The number of nitro benzene ring substituents is 1. The van der Waals surface area contributed by atoms with Gasteiger partial charge in [-0.1, -0.05) is 58.4 Å². The van der Waals surface area contributed by atoms with Gasteiger partial charge in [0.2, 0.25) is 5.75 Å². The van der Waals surface area contributed by atoms with Gasteiger partial charge in [-0.3, -0.25) is 10.1 Å². The highest BCUT2D eigenvalue weighted by Crippen LogP contribution is 2.35. The average Bonchev–Trinajstić information content (AvgIpc) is 2.76. The minimum Gasteiger partial charge on any atom is -0.482 e. The van der Waals surface area contributed by atoms with Crippen LogP contribution in [0, 0.1) is 10.1 Å². The van der Waals surface area contributed by atoms with Crippen molar-refractivity contribution in [3.8, 4) is 5.75 Å². The van der Waals surface area contributed by atoms with E-state index in [-0.39, 0.29) is 18.0 Å². The molecule has 0 heterocycles. The van der Waals surface area contributed by atoms with Gasteiger partial charge >= 0.3 is 11.7 Å². The molecule has 0 aliphatic rings. The van der Waals surface area contributed by atoms with Crippen LogP contribution in [-0.4, -0.2) is 29.9 Å². The fraction of sp³-hybridized carbons (Fsp3) is 0.136. The van der Waals surface area contributed by atoms with Crippen molar-refractivity contribution in [1.82, 2.24) is 0 Å². The van der Waals surface area contributed by atoms with E-state index in [2.05, 4.69) is 15.9 Å². The van der Waals surface area contributed by atoms with Gasteiger partial charge in [-0.05, 0) is 34.7 Å². The molecule has 0 radical (unpaired) electrons. The highest BCUT2D eigenvalue weighted by atomic mass is 79.9. The average molecular weight is 456 g/mol. The van der Waals surface area contributed by atoms with Crippen molar-refractivity contribution in [3.63, 3.8) is 0 Å². The maximum atomic E-state index is 11.5. The Bertz CT molecular complexity index is 1080. The van der Waals surface area contributed by atoms with Crippen LogP contribution in [0.5, 0.6) is 5.75 Å². The largest absolute Gasteiger partial charge is 0.482 e. The molecule has 0 aliphatic heterocycles. The second-order valence-corrected chi connectivity index (χ2v) is 6.79. The van der Waals surface area contributed by atoms with Crippen molar-refractivity contribution in [3.05, 3.63) is 87.5 Å². The van der Waals surface area contributed by atoms with Crippen LogP contribution in [0.3, 0.4) is 0 Å². The summed E-state index contributed by atoms with van der Waals surface area (Å²) in [4.78, 5) is 22.5. The number of hydrogen-bond acceptors (Lipinski definition) is 5. The van der Waals surface area contributed by atoms with Gasteiger partial charge in [0, 0.05) is 16.8 Å². The maximum absolute atomic E-state index is 11.5. The number of benzene rings is 3. The Kier molecular flexibility index (Phi) is 6.61. The minimum absolute atomic E-state index is 0.0694. The second kappa shape index (κ2) is 9.34. The Balaban J connectivity index is 1.85. The smallest absolute Gasteiger partial charge is 0.337 e. The van der Waals surface area contributed by atoms with Gasteiger partial charge in [-0.2, -0.15) is 0 Å². The Morgan fingerprint density at radius 2 is 1.83 bits per heavy atom. The molecule has 3 aromatic rings. The zero-order valence-corrected chi connectivity index (χ0v) is 17.2. The number of carbonyl (C=O) groups is 1. The quantitative estimate of drug-likeness (QED) is 0.206. The normalized spacial score (nSPS) is 11.3. The number of ether oxygens (including phenoxy) is 2. The number of carbonyl (C=O) groups excluding carboxylic acids is 1. The van der Waals surface area contributed by atoms with Crippen LogP contribution >= 0.6 is 15.9 Å². The lowest BCUT2D eigenvalue weighted by Crippen LogP contribution is -2.05. The number of methoxy groups -OCH3 is 1. The van der Waals surface area contributed by atoms with Gasteiger partial charge in [-0.15, -0.1) is 0 Å². The predicted octanol–water partition coefficient (Wildman–Crippen LogP) is 5.39. The standard InChI is InChI=1S/C22H18BrNO5/c1-28-22(25)18-8-6-15(7-9-18)12-16(13-23)14-29-21-19-5-3-2-4-17(19)10-11-20(21)24(26)27/h2-12H,13-14H2,1H3. The molecule has 0 unspecified atom stereocenters. The molecule has 0 spiro atoms. The Morgan fingerprint density at radius 1 is 1.10 bits per heavy atom. The summed E-state index contributed by atoms with van der Waals surface area (Å²) in [7, 11) is 1.34. The Hall–Kier alpha value is -3.19. The molecule has 0 aliphatic carbocycles. The maximum Gasteiger partial charge on any atom is 0.337 e. The summed E-state index contributed by atoms with van der Waals surface area (Å²) in [6, 6.07) is 17.5. The van der Waals surface area contributed by atoms with Crippen LogP contribution in [0.25, 0.3) is 16.8 Å². The van der Waals surface area contributed by atoms with Crippen molar-refractivity contribution < 1.29 is 19.2 Å². The first-order valence-electron chi connectivity index (χ1n) is 8.76. The third-order valence-electron chi connectivity index (χ3n) is 4.33. The number of rotatable bonds is 7. The molecule has 29 heavy (non-hydrogen) atoms. The van der Waals surface area contributed by atoms with Crippen LogP contribution in [-0.2, 0) is 4.74 Å². The molecule has 0 N–H and O–H groups in total. The fourth-order valence-corrected chi connectivity index (χ4v) is 3.20. The monoisotopic (exact) mass is 455 g/mol. The van der Waals surface area contributed by atoms with Gasteiger partial charge in [0.1, 0.15) is 6.61 Å². The van der Waals surface area contributed by atoms with Crippen molar-refractivity contribution >= 4 is 44.4 Å². The molecule has 3 rings (SSSR count). The number of nitrogens with zero attached hydrogens (tertiary/aromatic N) is 1. The highest BCUT2D eigenvalue weighted by Gasteiger charge is 2.18. The van der Waals surface area contributed by atoms with Crippen molar-refractivity contribution in [2.24, 2.45) is 0 Å². The van der Waals surface area contributed by atoms with Crippen molar-refractivity contribution in [2.45, 2.75) is 0 Å². The number of halogens is 1. The molecule has 0 amide bonds. The van der Waals surface area contributed by atoms with E-state index in [1.165, 1.54) is 13.2 Å². The Labute approximate surface area is 176 Å². The van der Waals surface area contributed by atoms with E-state index >= 15 is 0 Å². The molecule has 0 saturated carbocycles. The summed E-state index contributed by atoms with van der Waals surface area (Å²) < 4.78 is 10.6. The van der Waals surface area contributed by atoms with E-state index in [0.717, 1.165) is 16.5 Å². The van der Waals surface area contributed by atoms with E-state index in [4.69, 9.17) is 9.47 Å². The van der Waals surface area contributed by atoms with Gasteiger partial charge in [-0.25, -0.2) is 4.79 Å². The third kappa shape index (κ3) is 4.81. The lowest BCUT2D eigenvalue weighted by atomic mass is 10.1. The molecule has 7 heteroatoms. The van der Waals surface area contributed by atoms with Crippen LogP contribution in [0.4, 0.5) is 5.69 Å². The zero-order chi connectivity index (χ0) is 20.8. The third-order valence-corrected chi connectivity index (χ3v) is 5.05. The first-order chi connectivity index (χ1) is 14.0. The van der Waals surface area contributed by atoms with Crippen LogP contribution in [0.15, 0.2) is 66.2 Å². The lowest BCUT2D eigenvalue weighted by Gasteiger charge is -2.11.